The van der Waals surface area contributed by atoms with Crippen LogP contribution < -0.4 is 5.32 Å². The first-order valence-electron chi connectivity index (χ1n) is 8.80. The number of benzene rings is 1. The van der Waals surface area contributed by atoms with Crippen molar-refractivity contribution in [2.24, 2.45) is 0 Å². The van der Waals surface area contributed by atoms with E-state index in [1.807, 2.05) is 42.8 Å². The number of aromatic nitrogens is 3. The highest BCUT2D eigenvalue weighted by atomic mass is 16.4. The van der Waals surface area contributed by atoms with E-state index in [1.54, 1.807) is 0 Å². The maximum atomic E-state index is 11.5. The van der Waals surface area contributed by atoms with Crippen molar-refractivity contribution < 1.29 is 9.90 Å². The molecule has 0 aliphatic carbocycles. The zero-order valence-corrected chi connectivity index (χ0v) is 16.2. The lowest BCUT2D eigenvalue weighted by molar-refractivity contribution is 0.0698. The molecule has 0 saturated carbocycles. The van der Waals surface area contributed by atoms with E-state index in [4.69, 9.17) is 5.10 Å². The molecular formula is C21H24N4O2. The molecule has 0 spiro atoms. The molecule has 0 saturated heterocycles. The fourth-order valence-corrected chi connectivity index (χ4v) is 2.97. The SMILES string of the molecule is Cc1cccc(C)c1-n1nc(C(C)(C)C)cc1Nc1cnccc1C(=O)O. The van der Waals surface area contributed by atoms with E-state index in [0.717, 1.165) is 22.5 Å². The first-order chi connectivity index (χ1) is 12.7. The molecule has 0 amide bonds. The van der Waals surface area contributed by atoms with Gasteiger partial charge in [0.1, 0.15) is 5.82 Å². The maximum absolute atomic E-state index is 11.5. The summed E-state index contributed by atoms with van der Waals surface area (Å²) in [5.74, 6) is -0.304. The van der Waals surface area contributed by atoms with Crippen LogP contribution >= 0.6 is 0 Å². The van der Waals surface area contributed by atoms with Crippen LogP contribution in [-0.2, 0) is 5.41 Å². The highest BCUT2D eigenvalue weighted by Gasteiger charge is 2.22. The molecule has 3 aromatic rings. The number of hydrogen-bond acceptors (Lipinski definition) is 4. The number of aryl methyl sites for hydroxylation is 2. The number of anilines is 2. The molecule has 6 heteroatoms. The van der Waals surface area contributed by atoms with Gasteiger partial charge < -0.3 is 10.4 Å². The van der Waals surface area contributed by atoms with Crippen LogP contribution in [0.15, 0.2) is 42.7 Å². The van der Waals surface area contributed by atoms with Crippen LogP contribution in [-0.4, -0.2) is 25.8 Å². The van der Waals surface area contributed by atoms with Crippen LogP contribution in [0.1, 0.15) is 48.0 Å². The molecule has 0 bridgehead atoms. The van der Waals surface area contributed by atoms with Gasteiger partial charge in [-0.2, -0.15) is 5.10 Å². The number of pyridine rings is 1. The molecule has 0 atom stereocenters. The number of aromatic carboxylic acids is 1. The third kappa shape index (κ3) is 3.69. The standard InChI is InChI=1S/C21H24N4O2/c1-13-7-6-8-14(2)19(13)25-18(11-17(24-25)21(3,4)5)23-16-12-22-10-9-15(16)20(26)27/h6-12,23H,1-5H3,(H,26,27). The molecule has 0 unspecified atom stereocenters. The Labute approximate surface area is 158 Å². The molecule has 3 rings (SSSR count). The second-order valence-electron chi connectivity index (χ2n) is 7.67. The van der Waals surface area contributed by atoms with Gasteiger partial charge in [0.15, 0.2) is 0 Å². The number of carboxylic acid groups (broad SMARTS) is 1. The molecule has 6 nitrogen and oxygen atoms in total. The highest BCUT2D eigenvalue weighted by Crippen LogP contribution is 2.31. The van der Waals surface area contributed by atoms with E-state index in [2.05, 4.69) is 31.1 Å². The van der Waals surface area contributed by atoms with Gasteiger partial charge in [0.25, 0.3) is 0 Å². The summed E-state index contributed by atoms with van der Waals surface area (Å²) in [6.45, 7) is 10.4. The number of para-hydroxylation sites is 1. The summed E-state index contributed by atoms with van der Waals surface area (Å²) in [5.41, 5.74) is 4.51. The molecule has 140 valence electrons. The predicted octanol–water partition coefficient (Wildman–Crippen LogP) is 4.62. The van der Waals surface area contributed by atoms with Gasteiger partial charge >= 0.3 is 5.97 Å². The summed E-state index contributed by atoms with van der Waals surface area (Å²) in [5, 5.41) is 17.5. The monoisotopic (exact) mass is 364 g/mol. The molecule has 0 aliphatic rings. The van der Waals surface area contributed by atoms with E-state index in [0.29, 0.717) is 11.5 Å². The Balaban J connectivity index is 2.18. The molecule has 27 heavy (non-hydrogen) atoms. The van der Waals surface area contributed by atoms with Crippen LogP contribution in [0.3, 0.4) is 0 Å². The van der Waals surface area contributed by atoms with Crippen molar-refractivity contribution in [3.8, 4) is 5.69 Å². The van der Waals surface area contributed by atoms with Crippen LogP contribution in [0.4, 0.5) is 11.5 Å². The van der Waals surface area contributed by atoms with Gasteiger partial charge in [-0.3, -0.25) is 4.98 Å². The number of nitrogens with one attached hydrogen (secondary N) is 1. The summed E-state index contributed by atoms with van der Waals surface area (Å²) in [6.07, 6.45) is 2.99. The van der Waals surface area contributed by atoms with E-state index >= 15 is 0 Å². The first kappa shape index (κ1) is 18.6. The normalized spacial score (nSPS) is 11.4. The largest absolute Gasteiger partial charge is 0.478 e. The zero-order chi connectivity index (χ0) is 19.8. The van der Waals surface area contributed by atoms with Crippen molar-refractivity contribution in [2.45, 2.75) is 40.0 Å². The van der Waals surface area contributed by atoms with E-state index in [1.165, 1.54) is 18.5 Å². The third-order valence-electron chi connectivity index (χ3n) is 4.44. The van der Waals surface area contributed by atoms with Gasteiger partial charge in [0.05, 0.1) is 28.8 Å². The maximum Gasteiger partial charge on any atom is 0.337 e. The van der Waals surface area contributed by atoms with Gasteiger partial charge in [0.2, 0.25) is 0 Å². The molecule has 2 heterocycles. The van der Waals surface area contributed by atoms with E-state index in [-0.39, 0.29) is 11.0 Å². The smallest absolute Gasteiger partial charge is 0.337 e. The van der Waals surface area contributed by atoms with E-state index < -0.39 is 5.97 Å². The second-order valence-corrected chi connectivity index (χ2v) is 7.67. The van der Waals surface area contributed by atoms with Crippen molar-refractivity contribution in [3.63, 3.8) is 0 Å². The van der Waals surface area contributed by atoms with Crippen molar-refractivity contribution in [1.82, 2.24) is 14.8 Å². The number of rotatable bonds is 4. The lowest BCUT2D eigenvalue weighted by atomic mass is 9.92. The number of nitrogens with zero attached hydrogens (tertiary/aromatic N) is 3. The van der Waals surface area contributed by atoms with Crippen LogP contribution in [0.2, 0.25) is 0 Å². The van der Waals surface area contributed by atoms with Gasteiger partial charge in [0, 0.05) is 17.7 Å². The minimum atomic E-state index is -1.01. The fraction of sp³-hybridized carbons (Fsp3) is 0.286. The Morgan fingerprint density at radius 3 is 2.41 bits per heavy atom. The summed E-state index contributed by atoms with van der Waals surface area (Å²) in [7, 11) is 0. The summed E-state index contributed by atoms with van der Waals surface area (Å²) in [4.78, 5) is 15.6. The van der Waals surface area contributed by atoms with Gasteiger partial charge in [-0.1, -0.05) is 39.0 Å². The molecule has 1 aromatic carbocycles. The van der Waals surface area contributed by atoms with Crippen LogP contribution in [0, 0.1) is 13.8 Å². The number of carbonyl (C=O) groups is 1. The number of carboxylic acids is 1. The molecule has 2 N–H and O–H groups in total. The third-order valence-corrected chi connectivity index (χ3v) is 4.44. The van der Waals surface area contributed by atoms with E-state index in [9.17, 15) is 9.90 Å². The minimum Gasteiger partial charge on any atom is -0.478 e. The first-order valence-corrected chi connectivity index (χ1v) is 8.80. The average molecular weight is 364 g/mol. The molecule has 0 fully saturated rings. The Morgan fingerprint density at radius 2 is 1.81 bits per heavy atom. The van der Waals surface area contributed by atoms with Crippen molar-refractivity contribution >= 4 is 17.5 Å². The highest BCUT2D eigenvalue weighted by molar-refractivity contribution is 5.94. The lowest BCUT2D eigenvalue weighted by Gasteiger charge is -2.16. The average Bonchev–Trinajstić information content (AvgIpc) is 2.99. The molecular weight excluding hydrogens is 340 g/mol. The molecule has 0 aliphatic heterocycles. The van der Waals surface area contributed by atoms with Crippen LogP contribution in [0.5, 0.6) is 0 Å². The molecule has 2 aromatic heterocycles. The summed E-state index contributed by atoms with van der Waals surface area (Å²) < 4.78 is 1.85. The quantitative estimate of drug-likeness (QED) is 0.706. The zero-order valence-electron chi connectivity index (χ0n) is 16.2. The summed E-state index contributed by atoms with van der Waals surface area (Å²) >= 11 is 0. The topological polar surface area (TPSA) is 80.0 Å². The lowest BCUT2D eigenvalue weighted by Crippen LogP contribution is -2.13. The Kier molecular flexibility index (Phi) is 4.74. The Hall–Kier alpha value is -3.15. The van der Waals surface area contributed by atoms with Crippen molar-refractivity contribution in [3.05, 3.63) is 65.1 Å². The Morgan fingerprint density at radius 1 is 1.15 bits per heavy atom. The van der Waals surface area contributed by atoms with Crippen molar-refractivity contribution in [1.29, 1.82) is 0 Å². The van der Waals surface area contributed by atoms with Crippen molar-refractivity contribution in [2.75, 3.05) is 5.32 Å². The van der Waals surface area contributed by atoms with Gasteiger partial charge in [-0.15, -0.1) is 0 Å². The van der Waals surface area contributed by atoms with Gasteiger partial charge in [-0.25, -0.2) is 9.48 Å². The predicted molar refractivity (Wildman–Crippen MR) is 106 cm³/mol. The Bertz CT molecular complexity index is 979. The van der Waals surface area contributed by atoms with Gasteiger partial charge in [-0.05, 0) is 31.0 Å². The molecule has 0 radical (unpaired) electrons. The fourth-order valence-electron chi connectivity index (χ4n) is 2.97. The summed E-state index contributed by atoms with van der Waals surface area (Å²) in [6, 6.07) is 9.53. The second kappa shape index (κ2) is 6.87. The number of hydrogen-bond donors (Lipinski definition) is 2. The van der Waals surface area contributed by atoms with Crippen LogP contribution in [0.25, 0.3) is 5.69 Å². The minimum absolute atomic E-state index is 0.150.